The zero-order valence-corrected chi connectivity index (χ0v) is 15.1. The zero-order chi connectivity index (χ0) is 19.5. The molecule has 1 atom stereocenters. The summed E-state index contributed by atoms with van der Waals surface area (Å²) in [5, 5.41) is 2.79. The van der Waals surface area contributed by atoms with Crippen LogP contribution in [0.1, 0.15) is 27.2 Å². The number of aliphatic imine (C=N–C) groups is 1. The topological polar surface area (TPSA) is 113 Å². The average molecular weight is 373 g/mol. The van der Waals surface area contributed by atoms with E-state index in [4.69, 9.17) is 5.73 Å². The molecule has 0 saturated carbocycles. The number of amidine groups is 1. The molecule has 0 aliphatic carbocycles. The largest absolute Gasteiger partial charge is 0.348 e. The number of nitrogens with two attached hydrogens (primary N) is 1. The van der Waals surface area contributed by atoms with Crippen molar-refractivity contribution >= 4 is 23.2 Å². The predicted octanol–water partition coefficient (Wildman–Crippen LogP) is 1.91. The van der Waals surface area contributed by atoms with Crippen LogP contribution in [0.5, 0.6) is 0 Å². The maximum atomic E-state index is 12.6. The lowest BCUT2D eigenvalue weighted by Crippen LogP contribution is -2.44. The summed E-state index contributed by atoms with van der Waals surface area (Å²) < 4.78 is 0. The molecule has 0 radical (unpaired) electrons. The van der Waals surface area contributed by atoms with Crippen molar-refractivity contribution in [1.29, 1.82) is 0 Å². The number of benzene rings is 2. The fourth-order valence-electron chi connectivity index (χ4n) is 3.13. The van der Waals surface area contributed by atoms with E-state index in [1.807, 2.05) is 24.3 Å². The van der Waals surface area contributed by atoms with Gasteiger partial charge in [-0.05, 0) is 23.8 Å². The molecule has 1 aliphatic rings. The fraction of sp³-hybridized carbons (Fsp3) is 0.143. The van der Waals surface area contributed by atoms with Crippen LogP contribution in [0.2, 0.25) is 0 Å². The molecule has 4 N–H and O–H groups in total. The van der Waals surface area contributed by atoms with Gasteiger partial charge < -0.3 is 16.0 Å². The maximum absolute atomic E-state index is 12.6. The molecular formula is C21H19N5O2. The summed E-state index contributed by atoms with van der Waals surface area (Å²) in [5.41, 5.74) is 9.65. The van der Waals surface area contributed by atoms with Gasteiger partial charge in [-0.15, -0.1) is 0 Å². The van der Waals surface area contributed by atoms with Gasteiger partial charge in [-0.3, -0.25) is 9.59 Å². The third-order valence-electron chi connectivity index (χ3n) is 4.59. The summed E-state index contributed by atoms with van der Waals surface area (Å²) >= 11 is 0. The standard InChI is InChI=1S/C21H19N5O2/c22-17(10-16-11-23-12-24-16)21(28)26-19-9-15-8-14(6-7-18(15)25-19)20(27)13-4-2-1-3-5-13/h1-8,11-12,17H,9-10,22H2,(H,23,24)(H,25,26,28)/t17-/m0/s1. The highest BCUT2D eigenvalue weighted by molar-refractivity contribution is 6.10. The number of nitrogens with zero attached hydrogens (tertiary/aromatic N) is 2. The lowest BCUT2D eigenvalue weighted by molar-refractivity contribution is -0.120. The number of amides is 1. The first kappa shape index (κ1) is 17.8. The van der Waals surface area contributed by atoms with E-state index in [1.54, 1.807) is 36.8 Å². The van der Waals surface area contributed by atoms with E-state index in [-0.39, 0.29) is 11.7 Å². The van der Waals surface area contributed by atoms with E-state index in [1.165, 1.54) is 0 Å². The number of H-pyrrole nitrogens is 1. The Bertz CT molecular complexity index is 1040. The van der Waals surface area contributed by atoms with Crippen LogP contribution in [0.4, 0.5) is 5.69 Å². The van der Waals surface area contributed by atoms with Crippen molar-refractivity contribution in [3.8, 4) is 0 Å². The highest BCUT2D eigenvalue weighted by Crippen LogP contribution is 2.27. The van der Waals surface area contributed by atoms with E-state index < -0.39 is 6.04 Å². The van der Waals surface area contributed by atoms with Crippen LogP contribution >= 0.6 is 0 Å². The van der Waals surface area contributed by atoms with Crippen molar-refractivity contribution in [1.82, 2.24) is 15.3 Å². The first-order valence-corrected chi connectivity index (χ1v) is 8.94. The van der Waals surface area contributed by atoms with Crippen LogP contribution in [0, 0.1) is 0 Å². The first-order chi connectivity index (χ1) is 13.6. The molecule has 1 aliphatic heterocycles. The molecule has 1 amide bonds. The number of carbonyl (C=O) groups excluding carboxylic acids is 2. The maximum Gasteiger partial charge on any atom is 0.242 e. The minimum atomic E-state index is -0.706. The van der Waals surface area contributed by atoms with Gasteiger partial charge in [0.2, 0.25) is 5.91 Å². The number of hydrogen-bond donors (Lipinski definition) is 3. The van der Waals surface area contributed by atoms with Gasteiger partial charge >= 0.3 is 0 Å². The second kappa shape index (κ2) is 7.58. The van der Waals surface area contributed by atoms with Gasteiger partial charge in [0.05, 0.1) is 18.1 Å². The summed E-state index contributed by atoms with van der Waals surface area (Å²) in [6.07, 6.45) is 4.00. The Kier molecular flexibility index (Phi) is 4.82. The third kappa shape index (κ3) is 3.74. The van der Waals surface area contributed by atoms with E-state index in [2.05, 4.69) is 20.3 Å². The Balaban J connectivity index is 1.42. The van der Waals surface area contributed by atoms with Crippen molar-refractivity contribution in [2.75, 3.05) is 0 Å². The van der Waals surface area contributed by atoms with Gasteiger partial charge in [0.25, 0.3) is 0 Å². The summed E-state index contributed by atoms with van der Waals surface area (Å²) in [4.78, 5) is 36.2. The zero-order valence-electron chi connectivity index (χ0n) is 15.1. The fourth-order valence-corrected chi connectivity index (χ4v) is 3.13. The van der Waals surface area contributed by atoms with E-state index in [0.29, 0.717) is 29.8 Å². The number of aromatic nitrogens is 2. The summed E-state index contributed by atoms with van der Waals surface area (Å²) in [6.45, 7) is 0. The normalized spacial score (nSPS) is 13.5. The lowest BCUT2D eigenvalue weighted by Gasteiger charge is -2.10. The Morgan fingerprint density at radius 3 is 2.71 bits per heavy atom. The van der Waals surface area contributed by atoms with Crippen LogP contribution in [0.3, 0.4) is 0 Å². The van der Waals surface area contributed by atoms with Crippen molar-refractivity contribution < 1.29 is 9.59 Å². The molecule has 4 rings (SSSR count). The quantitative estimate of drug-likeness (QED) is 0.593. The number of rotatable bonds is 5. The van der Waals surface area contributed by atoms with Crippen LogP contribution in [-0.2, 0) is 17.6 Å². The minimum absolute atomic E-state index is 0.0394. The summed E-state index contributed by atoms with van der Waals surface area (Å²) in [5.74, 6) is 0.188. The molecule has 2 heterocycles. The number of aromatic amines is 1. The molecule has 3 aromatic rings. The second-order valence-corrected chi connectivity index (χ2v) is 6.65. The van der Waals surface area contributed by atoms with Crippen molar-refractivity contribution in [2.45, 2.75) is 18.9 Å². The number of carbonyl (C=O) groups is 2. The number of nitrogens with one attached hydrogen (secondary N) is 2. The Morgan fingerprint density at radius 1 is 1.14 bits per heavy atom. The van der Waals surface area contributed by atoms with E-state index in [9.17, 15) is 9.59 Å². The molecule has 0 bridgehead atoms. The summed E-state index contributed by atoms with van der Waals surface area (Å²) in [7, 11) is 0. The molecule has 7 heteroatoms. The number of ketones is 1. The Labute approximate surface area is 161 Å². The first-order valence-electron chi connectivity index (χ1n) is 8.94. The molecule has 0 unspecified atom stereocenters. The SMILES string of the molecule is N[C@@H](Cc1cnc[nH]1)C(=O)NC1=Nc2ccc(C(=O)c3ccccc3)cc2C1. The second-order valence-electron chi connectivity index (χ2n) is 6.65. The number of hydrogen-bond acceptors (Lipinski definition) is 5. The third-order valence-corrected chi connectivity index (χ3v) is 4.59. The molecular weight excluding hydrogens is 354 g/mol. The average Bonchev–Trinajstić information content (AvgIpc) is 3.36. The van der Waals surface area contributed by atoms with Gasteiger partial charge in [-0.25, -0.2) is 9.98 Å². The van der Waals surface area contributed by atoms with Gasteiger partial charge in [0.15, 0.2) is 5.78 Å². The summed E-state index contributed by atoms with van der Waals surface area (Å²) in [6, 6.07) is 13.8. The van der Waals surface area contributed by atoms with E-state index in [0.717, 1.165) is 16.9 Å². The molecule has 0 fully saturated rings. The molecule has 28 heavy (non-hydrogen) atoms. The van der Waals surface area contributed by atoms with Crippen molar-refractivity contribution in [3.63, 3.8) is 0 Å². The van der Waals surface area contributed by atoms with Gasteiger partial charge in [0.1, 0.15) is 5.84 Å². The highest BCUT2D eigenvalue weighted by Gasteiger charge is 2.22. The molecule has 1 aromatic heterocycles. The van der Waals surface area contributed by atoms with Gasteiger partial charge in [-0.1, -0.05) is 30.3 Å². The lowest BCUT2D eigenvalue weighted by atomic mass is 10.00. The van der Waals surface area contributed by atoms with Crippen molar-refractivity contribution in [2.24, 2.45) is 10.7 Å². The Morgan fingerprint density at radius 2 is 1.96 bits per heavy atom. The molecule has 2 aromatic carbocycles. The van der Waals surface area contributed by atoms with Crippen LogP contribution in [0.15, 0.2) is 66.0 Å². The van der Waals surface area contributed by atoms with Gasteiger partial charge in [0, 0.05) is 35.9 Å². The van der Waals surface area contributed by atoms with Crippen LogP contribution in [-0.4, -0.2) is 33.5 Å². The number of imidazole rings is 1. The smallest absolute Gasteiger partial charge is 0.242 e. The minimum Gasteiger partial charge on any atom is -0.348 e. The molecule has 140 valence electrons. The van der Waals surface area contributed by atoms with Crippen LogP contribution < -0.4 is 11.1 Å². The highest BCUT2D eigenvalue weighted by atomic mass is 16.2. The van der Waals surface area contributed by atoms with E-state index >= 15 is 0 Å². The monoisotopic (exact) mass is 373 g/mol. The molecule has 0 spiro atoms. The predicted molar refractivity (Wildman–Crippen MR) is 106 cm³/mol. The molecule has 0 saturated heterocycles. The Hall–Kier alpha value is -3.58. The number of fused-ring (bicyclic) bond motifs is 1. The van der Waals surface area contributed by atoms with Crippen molar-refractivity contribution in [3.05, 3.63) is 83.4 Å². The van der Waals surface area contributed by atoms with Crippen LogP contribution in [0.25, 0.3) is 0 Å². The van der Waals surface area contributed by atoms with Gasteiger partial charge in [-0.2, -0.15) is 0 Å². The molecule has 7 nitrogen and oxygen atoms in total.